The van der Waals surface area contributed by atoms with Gasteiger partial charge in [0.25, 0.3) is 5.91 Å². The van der Waals surface area contributed by atoms with Gasteiger partial charge in [-0.2, -0.15) is 0 Å². The quantitative estimate of drug-likeness (QED) is 0.240. The second-order valence-electron chi connectivity index (χ2n) is 16.0. The zero-order valence-corrected chi connectivity index (χ0v) is 33.4. The molecular weight excluding hydrogens is 799 g/mol. The molecule has 4 aliphatic heterocycles. The first-order valence-electron chi connectivity index (χ1n) is 18.2. The topological polar surface area (TPSA) is 143 Å². The lowest BCUT2D eigenvalue weighted by atomic mass is 9.88. The second-order valence-corrected chi connectivity index (χ2v) is 16.4. The van der Waals surface area contributed by atoms with E-state index in [4.69, 9.17) is 21.7 Å². The van der Waals surface area contributed by atoms with Gasteiger partial charge in [0.1, 0.15) is 50.4 Å². The molecule has 0 radical (unpaired) electrons. The number of thiocarbonyl (C=S) groups is 1. The molecule has 4 aliphatic rings. The lowest BCUT2D eigenvalue weighted by molar-refractivity contribution is -0.275. The van der Waals surface area contributed by atoms with Gasteiger partial charge in [-0.1, -0.05) is 36.5 Å². The summed E-state index contributed by atoms with van der Waals surface area (Å²) < 4.78 is 93.4. The van der Waals surface area contributed by atoms with Crippen LogP contribution in [0.25, 0.3) is 0 Å². The van der Waals surface area contributed by atoms with Crippen molar-refractivity contribution in [3.05, 3.63) is 59.7 Å². The number of aliphatic imine (C=N–C) groups is 2. The summed E-state index contributed by atoms with van der Waals surface area (Å²) in [6, 6.07) is 10.8. The molecule has 0 aromatic heterocycles. The molecule has 2 N–H and O–H groups in total. The van der Waals surface area contributed by atoms with Crippen LogP contribution in [0.15, 0.2) is 58.5 Å². The highest BCUT2D eigenvalue weighted by atomic mass is 32.1. The van der Waals surface area contributed by atoms with E-state index >= 15 is 0 Å². The SMILES string of the molecule is CC(C)(C)OC(=O)N1CCC2(CC1)N=C(c1cccc(OC(F)(F)F)c1)NC2=O.CC(C)(C)OC(=O)N1CCC2(CC1)N=C(c1cccc(OC(F)(F)F)c1)NC2=S. The van der Waals surface area contributed by atoms with Gasteiger partial charge in [0.15, 0.2) is 0 Å². The van der Waals surface area contributed by atoms with Crippen molar-refractivity contribution in [2.45, 2.75) is 102 Å². The van der Waals surface area contributed by atoms with Crippen molar-refractivity contribution >= 4 is 47.0 Å². The van der Waals surface area contributed by atoms with E-state index in [1.54, 1.807) is 52.5 Å². The molecule has 0 aliphatic carbocycles. The summed E-state index contributed by atoms with van der Waals surface area (Å²) in [5.41, 5.74) is -2.16. The van der Waals surface area contributed by atoms with E-state index in [1.165, 1.54) is 47.4 Å². The van der Waals surface area contributed by atoms with Gasteiger partial charge in [0.2, 0.25) is 0 Å². The molecule has 3 amide bonds. The molecule has 6 rings (SSSR count). The largest absolute Gasteiger partial charge is 0.573 e. The number of nitrogens with zero attached hydrogens (tertiary/aromatic N) is 4. The van der Waals surface area contributed by atoms with Gasteiger partial charge in [-0.05, 0) is 91.5 Å². The summed E-state index contributed by atoms with van der Waals surface area (Å²) in [6.45, 7) is 12.1. The fourth-order valence-electron chi connectivity index (χ4n) is 6.44. The number of likely N-dealkylation sites (tertiary alicyclic amines) is 2. The molecule has 13 nitrogen and oxygen atoms in total. The molecule has 0 bridgehead atoms. The Labute approximate surface area is 336 Å². The van der Waals surface area contributed by atoms with E-state index in [0.717, 1.165) is 0 Å². The first-order valence-corrected chi connectivity index (χ1v) is 18.7. The number of amidine groups is 2. The average molecular weight is 843 g/mol. The van der Waals surface area contributed by atoms with E-state index in [-0.39, 0.29) is 36.7 Å². The van der Waals surface area contributed by atoms with E-state index in [1.807, 2.05) is 0 Å². The molecule has 4 heterocycles. The molecule has 0 unspecified atom stereocenters. The third-order valence-corrected chi connectivity index (χ3v) is 9.61. The molecule has 2 aromatic carbocycles. The highest BCUT2D eigenvalue weighted by Gasteiger charge is 2.48. The van der Waals surface area contributed by atoms with Crippen molar-refractivity contribution < 1.29 is 59.7 Å². The third-order valence-electron chi connectivity index (χ3n) is 9.13. The average Bonchev–Trinajstić information content (AvgIpc) is 3.58. The van der Waals surface area contributed by atoms with Crippen molar-refractivity contribution in [3.8, 4) is 11.5 Å². The lowest BCUT2D eigenvalue weighted by Gasteiger charge is -2.37. The van der Waals surface area contributed by atoms with Gasteiger partial charge in [0.05, 0.1) is 0 Å². The smallest absolute Gasteiger partial charge is 0.444 e. The molecule has 2 saturated heterocycles. The Balaban J connectivity index is 0.000000221. The summed E-state index contributed by atoms with van der Waals surface area (Å²) in [5.74, 6) is -0.473. The molecule has 58 heavy (non-hydrogen) atoms. The Morgan fingerprint density at radius 1 is 0.655 bits per heavy atom. The van der Waals surface area contributed by atoms with E-state index < -0.39 is 46.8 Å². The van der Waals surface area contributed by atoms with Gasteiger partial charge in [-0.3, -0.25) is 14.8 Å². The number of halogens is 6. The molecule has 2 aromatic rings. The monoisotopic (exact) mass is 842 g/mol. The number of hydrogen-bond acceptors (Lipinski definition) is 10. The van der Waals surface area contributed by atoms with Crippen molar-refractivity contribution in [1.29, 1.82) is 0 Å². The highest BCUT2D eigenvalue weighted by Crippen LogP contribution is 2.35. The number of carbonyl (C=O) groups is 3. The Kier molecular flexibility index (Phi) is 12.3. The number of ether oxygens (including phenoxy) is 4. The van der Waals surface area contributed by atoms with Crippen molar-refractivity contribution in [2.24, 2.45) is 9.98 Å². The predicted molar refractivity (Wildman–Crippen MR) is 203 cm³/mol. The maximum absolute atomic E-state index is 12.6. The molecule has 2 spiro atoms. The van der Waals surface area contributed by atoms with Crippen LogP contribution in [0.5, 0.6) is 11.5 Å². The standard InChI is InChI=1S/C19H22F3N3O4.C19H22F3N3O3S/c1-17(2,3)29-16(27)25-9-7-18(8-10-25)15(26)23-14(24-18)12-5-4-6-13(11-12)28-19(20,21)22;1-17(2,3)28-16(26)25-9-7-18(8-10-25)15(29)23-14(24-18)12-5-4-6-13(11-12)27-19(20,21)22/h4-6,11H,7-10H2,1-3H3,(H,23,24,26);4-6,11H,7-10H2,1-3H3,(H,23,24,29). The number of benzene rings is 2. The van der Waals surface area contributed by atoms with Crippen molar-refractivity contribution in [1.82, 2.24) is 20.4 Å². The van der Waals surface area contributed by atoms with Crippen LogP contribution in [-0.4, -0.2) is 106 Å². The molecule has 0 atom stereocenters. The zero-order valence-electron chi connectivity index (χ0n) is 32.6. The first-order chi connectivity index (χ1) is 26.7. The Hall–Kier alpha value is -5.14. The Morgan fingerprint density at radius 3 is 1.43 bits per heavy atom. The normalized spacial score (nSPS) is 19.0. The van der Waals surface area contributed by atoms with Gasteiger partial charge in [-0.15, -0.1) is 26.3 Å². The molecule has 20 heteroatoms. The van der Waals surface area contributed by atoms with Gasteiger partial charge >= 0.3 is 24.9 Å². The van der Waals surface area contributed by atoms with Crippen LogP contribution in [0.3, 0.4) is 0 Å². The summed E-state index contributed by atoms with van der Waals surface area (Å²) in [7, 11) is 0. The lowest BCUT2D eigenvalue weighted by Crippen LogP contribution is -2.51. The number of nitrogens with one attached hydrogen (secondary N) is 2. The fraction of sp³-hybridized carbons (Fsp3) is 0.526. The van der Waals surface area contributed by atoms with Crippen LogP contribution < -0.4 is 20.1 Å². The minimum absolute atomic E-state index is 0.188. The first kappa shape index (κ1) is 44.0. The second kappa shape index (κ2) is 16.2. The van der Waals surface area contributed by atoms with Crippen molar-refractivity contribution in [3.63, 3.8) is 0 Å². The predicted octanol–water partition coefficient (Wildman–Crippen LogP) is 7.26. The molecule has 2 fully saturated rings. The maximum atomic E-state index is 12.6. The molecule has 0 saturated carbocycles. The van der Waals surface area contributed by atoms with Gasteiger partial charge in [0, 0.05) is 37.3 Å². The molecule has 316 valence electrons. The number of alkyl halides is 6. The zero-order chi connectivity index (χ0) is 42.9. The summed E-state index contributed by atoms with van der Waals surface area (Å²) in [4.78, 5) is 49.8. The number of rotatable bonds is 4. The van der Waals surface area contributed by atoms with Gasteiger partial charge < -0.3 is 39.4 Å². The summed E-state index contributed by atoms with van der Waals surface area (Å²) in [5, 5.41) is 5.66. The Morgan fingerprint density at radius 2 is 1.03 bits per heavy atom. The van der Waals surface area contributed by atoms with Crippen molar-refractivity contribution in [2.75, 3.05) is 26.2 Å². The summed E-state index contributed by atoms with van der Waals surface area (Å²) in [6.07, 6.45) is -8.83. The van der Waals surface area contributed by atoms with Gasteiger partial charge in [-0.25, -0.2) is 9.59 Å². The van der Waals surface area contributed by atoms with E-state index in [2.05, 4.69) is 30.1 Å². The van der Waals surface area contributed by atoms with Crippen LogP contribution in [0.2, 0.25) is 0 Å². The highest BCUT2D eigenvalue weighted by molar-refractivity contribution is 7.80. The van der Waals surface area contributed by atoms with E-state index in [0.29, 0.717) is 60.7 Å². The Bertz CT molecular complexity index is 1820. The minimum atomic E-state index is -4.81. The maximum Gasteiger partial charge on any atom is 0.573 e. The number of piperidine rings is 2. The number of amides is 3. The minimum Gasteiger partial charge on any atom is -0.444 e. The van der Waals surface area contributed by atoms with Crippen LogP contribution in [-0.2, 0) is 14.3 Å². The van der Waals surface area contributed by atoms with Crippen LogP contribution in [0.1, 0.15) is 78.4 Å². The fourth-order valence-corrected chi connectivity index (χ4v) is 6.78. The van der Waals surface area contributed by atoms with Crippen LogP contribution in [0, 0.1) is 0 Å². The van der Waals surface area contributed by atoms with Crippen LogP contribution >= 0.6 is 12.2 Å². The number of hydrogen-bond donors (Lipinski definition) is 2. The van der Waals surface area contributed by atoms with E-state index in [9.17, 15) is 40.7 Å². The molecular formula is C38H44F6N6O7S. The number of carbonyl (C=O) groups excluding carboxylic acids is 3. The van der Waals surface area contributed by atoms with Crippen LogP contribution in [0.4, 0.5) is 35.9 Å². The third kappa shape index (κ3) is 11.5. The summed E-state index contributed by atoms with van der Waals surface area (Å²) >= 11 is 5.47.